The normalized spacial score (nSPS) is 18.8. The summed E-state index contributed by atoms with van der Waals surface area (Å²) in [5, 5.41) is 0. The molecule has 0 spiro atoms. The van der Waals surface area contributed by atoms with Crippen molar-refractivity contribution in [3.05, 3.63) is 53.6 Å². The van der Waals surface area contributed by atoms with Crippen LogP contribution >= 0.6 is 0 Å². The molecule has 2 aromatic carbocycles. The first-order valence-corrected chi connectivity index (χ1v) is 10.4. The predicted molar refractivity (Wildman–Crippen MR) is 115 cm³/mol. The van der Waals surface area contributed by atoms with Gasteiger partial charge in [0.25, 0.3) is 0 Å². The smallest absolute Gasteiger partial charge is 0.316 e. The second-order valence-corrected chi connectivity index (χ2v) is 7.92. The average Bonchev–Trinajstić information content (AvgIpc) is 3.30. The number of nitrogens with zero attached hydrogens (tertiary/aromatic N) is 2. The lowest BCUT2D eigenvalue weighted by atomic mass is 10.1. The fraction of sp³-hybridized carbons (Fsp3) is 0.333. The molecular formula is C24H24N2O5. The summed E-state index contributed by atoms with van der Waals surface area (Å²) < 4.78 is 5.51. The van der Waals surface area contributed by atoms with E-state index in [9.17, 15) is 19.2 Å². The Bertz CT molecular complexity index is 1040. The quantitative estimate of drug-likeness (QED) is 0.421. The van der Waals surface area contributed by atoms with E-state index < -0.39 is 11.9 Å². The van der Waals surface area contributed by atoms with Crippen LogP contribution in [0.2, 0.25) is 0 Å². The lowest BCUT2D eigenvalue weighted by Crippen LogP contribution is -2.29. The summed E-state index contributed by atoms with van der Waals surface area (Å²) in [5.41, 5.74) is 3.12. The maximum atomic E-state index is 12.7. The van der Waals surface area contributed by atoms with Crippen molar-refractivity contribution in [2.75, 3.05) is 16.3 Å². The molecule has 1 atom stereocenters. The maximum Gasteiger partial charge on any atom is 0.316 e. The molecule has 0 unspecified atom stereocenters. The van der Waals surface area contributed by atoms with E-state index >= 15 is 0 Å². The zero-order valence-corrected chi connectivity index (χ0v) is 17.6. The lowest BCUT2D eigenvalue weighted by molar-refractivity contribution is -0.139. The van der Waals surface area contributed by atoms with Crippen molar-refractivity contribution in [1.29, 1.82) is 0 Å². The number of anilines is 2. The molecular weight excluding hydrogens is 396 g/mol. The van der Waals surface area contributed by atoms with Crippen molar-refractivity contribution in [1.82, 2.24) is 0 Å². The van der Waals surface area contributed by atoms with Crippen molar-refractivity contribution in [3.8, 4) is 5.75 Å². The van der Waals surface area contributed by atoms with Crippen LogP contribution in [0.25, 0.3) is 0 Å². The number of carbonyl (C=O) groups excluding carboxylic acids is 4. The Morgan fingerprint density at radius 3 is 2.29 bits per heavy atom. The van der Waals surface area contributed by atoms with Crippen molar-refractivity contribution in [2.45, 2.75) is 39.5 Å². The summed E-state index contributed by atoms with van der Waals surface area (Å²) in [6, 6.07) is 12.6. The summed E-state index contributed by atoms with van der Waals surface area (Å²) in [4.78, 5) is 51.9. The Labute approximate surface area is 180 Å². The standard InChI is InChI=1S/C24H24N2O5/c1-3-16-4-6-18(7-5-16)25-14-17(13-23(25)29)24(30)31-19-8-9-20(15(2)12-19)26-21(27)10-11-22(26)28/h4-9,12,17H,3,10-11,13-14H2,1-2H3/t17-/m0/s1. The third-order valence-corrected chi connectivity index (χ3v) is 5.79. The Kier molecular flexibility index (Phi) is 5.59. The van der Waals surface area contributed by atoms with Gasteiger partial charge in [-0.15, -0.1) is 0 Å². The van der Waals surface area contributed by atoms with Gasteiger partial charge < -0.3 is 9.64 Å². The highest BCUT2D eigenvalue weighted by atomic mass is 16.5. The van der Waals surface area contributed by atoms with Crippen LogP contribution in [0.4, 0.5) is 11.4 Å². The molecule has 2 aromatic rings. The molecule has 4 rings (SSSR count). The number of rotatable bonds is 5. The summed E-state index contributed by atoms with van der Waals surface area (Å²) >= 11 is 0. The molecule has 7 heteroatoms. The van der Waals surface area contributed by atoms with Gasteiger partial charge in [0.05, 0.1) is 11.6 Å². The van der Waals surface area contributed by atoms with Crippen LogP contribution in [-0.4, -0.2) is 30.2 Å². The van der Waals surface area contributed by atoms with Crippen molar-refractivity contribution in [2.24, 2.45) is 5.92 Å². The molecule has 2 fully saturated rings. The van der Waals surface area contributed by atoms with Crippen molar-refractivity contribution >= 4 is 35.1 Å². The predicted octanol–water partition coefficient (Wildman–Crippen LogP) is 3.17. The monoisotopic (exact) mass is 420 g/mol. The van der Waals surface area contributed by atoms with E-state index in [0.29, 0.717) is 17.0 Å². The van der Waals surface area contributed by atoms with Gasteiger partial charge in [0, 0.05) is 31.5 Å². The first kappa shape index (κ1) is 20.8. The zero-order valence-electron chi connectivity index (χ0n) is 17.6. The van der Waals surface area contributed by atoms with Crippen LogP contribution in [0.3, 0.4) is 0 Å². The molecule has 2 saturated heterocycles. The van der Waals surface area contributed by atoms with E-state index in [0.717, 1.165) is 12.1 Å². The second-order valence-electron chi connectivity index (χ2n) is 7.92. The first-order valence-electron chi connectivity index (χ1n) is 10.4. The van der Waals surface area contributed by atoms with E-state index in [1.165, 1.54) is 10.5 Å². The minimum Gasteiger partial charge on any atom is -0.426 e. The number of hydrogen-bond acceptors (Lipinski definition) is 5. The molecule has 0 bridgehead atoms. The van der Waals surface area contributed by atoms with Crippen LogP contribution < -0.4 is 14.5 Å². The van der Waals surface area contributed by atoms with Gasteiger partial charge in [-0.05, 0) is 54.8 Å². The lowest BCUT2D eigenvalue weighted by Gasteiger charge is -2.18. The van der Waals surface area contributed by atoms with Gasteiger partial charge in [-0.1, -0.05) is 19.1 Å². The second kappa shape index (κ2) is 8.34. The van der Waals surface area contributed by atoms with E-state index in [1.807, 2.05) is 24.3 Å². The van der Waals surface area contributed by atoms with Crippen molar-refractivity contribution in [3.63, 3.8) is 0 Å². The van der Waals surface area contributed by atoms with Crippen LogP contribution in [-0.2, 0) is 25.6 Å². The van der Waals surface area contributed by atoms with Gasteiger partial charge in [0.15, 0.2) is 0 Å². The number of carbonyl (C=O) groups is 4. The van der Waals surface area contributed by atoms with Crippen LogP contribution in [0.5, 0.6) is 5.75 Å². The number of amides is 3. The topological polar surface area (TPSA) is 84.0 Å². The Morgan fingerprint density at radius 1 is 1.00 bits per heavy atom. The van der Waals surface area contributed by atoms with Gasteiger partial charge >= 0.3 is 5.97 Å². The molecule has 3 amide bonds. The van der Waals surface area contributed by atoms with E-state index in [4.69, 9.17) is 4.74 Å². The maximum absolute atomic E-state index is 12.7. The molecule has 7 nitrogen and oxygen atoms in total. The zero-order chi connectivity index (χ0) is 22.1. The van der Waals surface area contributed by atoms with E-state index in [-0.39, 0.29) is 43.5 Å². The highest BCUT2D eigenvalue weighted by Gasteiger charge is 2.36. The minimum absolute atomic E-state index is 0.0994. The Balaban J connectivity index is 1.43. The third-order valence-electron chi connectivity index (χ3n) is 5.79. The van der Waals surface area contributed by atoms with E-state index in [2.05, 4.69) is 6.92 Å². The molecule has 0 radical (unpaired) electrons. The molecule has 0 saturated carbocycles. The fourth-order valence-corrected chi connectivity index (χ4v) is 4.01. The van der Waals surface area contributed by atoms with Crippen LogP contribution in [0.1, 0.15) is 37.3 Å². The Hall–Kier alpha value is -3.48. The SMILES string of the molecule is CCc1ccc(N2C[C@@H](C(=O)Oc3ccc(N4C(=O)CCC4=O)c(C)c3)CC2=O)cc1. The number of ether oxygens (including phenoxy) is 1. The van der Waals surface area contributed by atoms with E-state index in [1.54, 1.807) is 30.0 Å². The van der Waals surface area contributed by atoms with Crippen LogP contribution in [0.15, 0.2) is 42.5 Å². The highest BCUT2D eigenvalue weighted by Crippen LogP contribution is 2.31. The number of aryl methyl sites for hydroxylation is 2. The summed E-state index contributed by atoms with van der Waals surface area (Å²) in [5.74, 6) is -1.27. The summed E-state index contributed by atoms with van der Waals surface area (Å²) in [6.07, 6.45) is 1.44. The number of imide groups is 1. The van der Waals surface area contributed by atoms with Gasteiger partial charge in [-0.3, -0.25) is 24.1 Å². The van der Waals surface area contributed by atoms with Gasteiger partial charge in [-0.25, -0.2) is 0 Å². The van der Waals surface area contributed by atoms with Crippen molar-refractivity contribution < 1.29 is 23.9 Å². The number of hydrogen-bond donors (Lipinski definition) is 0. The highest BCUT2D eigenvalue weighted by molar-refractivity contribution is 6.20. The van der Waals surface area contributed by atoms with Gasteiger partial charge in [0.1, 0.15) is 5.75 Å². The molecule has 31 heavy (non-hydrogen) atoms. The molecule has 2 aliphatic heterocycles. The number of esters is 1. The molecule has 2 aliphatic rings. The summed E-state index contributed by atoms with van der Waals surface area (Å²) in [7, 11) is 0. The average molecular weight is 420 g/mol. The minimum atomic E-state index is -0.555. The third kappa shape index (κ3) is 4.08. The van der Waals surface area contributed by atoms with Gasteiger partial charge in [0.2, 0.25) is 17.7 Å². The molecule has 2 heterocycles. The molecule has 0 aromatic heterocycles. The fourth-order valence-electron chi connectivity index (χ4n) is 4.01. The number of benzene rings is 2. The molecule has 0 N–H and O–H groups in total. The molecule has 160 valence electrons. The summed E-state index contributed by atoms with van der Waals surface area (Å²) in [6.45, 7) is 4.10. The largest absolute Gasteiger partial charge is 0.426 e. The first-order chi connectivity index (χ1) is 14.9. The Morgan fingerprint density at radius 2 is 1.68 bits per heavy atom. The molecule has 0 aliphatic carbocycles. The van der Waals surface area contributed by atoms with Crippen LogP contribution in [0, 0.1) is 12.8 Å². The van der Waals surface area contributed by atoms with Gasteiger partial charge in [-0.2, -0.15) is 0 Å².